The lowest BCUT2D eigenvalue weighted by atomic mass is 10.2. The molecule has 1 amide bonds. The molecule has 0 aliphatic heterocycles. The molecule has 0 radical (unpaired) electrons. The second-order valence-corrected chi connectivity index (χ2v) is 8.58. The molecule has 1 fully saturated rings. The Balaban J connectivity index is 1.61. The molecule has 1 aromatic heterocycles. The standard InChI is InChI=1S/C22H23N3O3S/c1-13-8-11-19(28-3)18(12-13)23-20(26)14(2)29-22-24-17-7-5-4-6-16(17)21(27)25(22)15-9-10-15/h4-8,11-12,14-15H,9-10H2,1-3H3,(H,23,26)/t14-/m1/s1. The summed E-state index contributed by atoms with van der Waals surface area (Å²) >= 11 is 1.31. The molecule has 29 heavy (non-hydrogen) atoms. The molecule has 1 atom stereocenters. The molecule has 1 heterocycles. The number of hydrogen-bond donors (Lipinski definition) is 1. The van der Waals surface area contributed by atoms with E-state index in [-0.39, 0.29) is 17.5 Å². The summed E-state index contributed by atoms with van der Waals surface area (Å²) in [6.07, 6.45) is 1.93. The monoisotopic (exact) mass is 409 g/mol. The molecule has 0 unspecified atom stereocenters. The van der Waals surface area contributed by atoms with Crippen molar-refractivity contribution in [1.82, 2.24) is 9.55 Å². The van der Waals surface area contributed by atoms with Gasteiger partial charge < -0.3 is 10.1 Å². The summed E-state index contributed by atoms with van der Waals surface area (Å²) < 4.78 is 7.10. The van der Waals surface area contributed by atoms with Gasteiger partial charge in [-0.15, -0.1) is 0 Å². The highest BCUT2D eigenvalue weighted by Crippen LogP contribution is 2.38. The second-order valence-electron chi connectivity index (χ2n) is 7.27. The summed E-state index contributed by atoms with van der Waals surface area (Å²) in [5, 5.41) is 3.72. The highest BCUT2D eigenvalue weighted by atomic mass is 32.2. The number of aromatic nitrogens is 2. The summed E-state index contributed by atoms with van der Waals surface area (Å²) in [4.78, 5) is 30.5. The van der Waals surface area contributed by atoms with Gasteiger partial charge in [0.05, 0.1) is 29.0 Å². The maximum Gasteiger partial charge on any atom is 0.262 e. The van der Waals surface area contributed by atoms with Crippen LogP contribution in [0.1, 0.15) is 31.4 Å². The van der Waals surface area contributed by atoms with Crippen molar-refractivity contribution in [1.29, 1.82) is 0 Å². The van der Waals surface area contributed by atoms with Gasteiger partial charge >= 0.3 is 0 Å². The Morgan fingerprint density at radius 2 is 2.03 bits per heavy atom. The predicted molar refractivity (Wildman–Crippen MR) is 116 cm³/mol. The van der Waals surface area contributed by atoms with E-state index in [4.69, 9.17) is 9.72 Å². The van der Waals surface area contributed by atoms with Crippen molar-refractivity contribution in [3.8, 4) is 5.75 Å². The van der Waals surface area contributed by atoms with Crippen molar-refractivity contribution in [2.45, 2.75) is 43.1 Å². The average molecular weight is 410 g/mol. The van der Waals surface area contributed by atoms with Crippen LogP contribution in [-0.2, 0) is 4.79 Å². The van der Waals surface area contributed by atoms with Crippen LogP contribution in [0.5, 0.6) is 5.75 Å². The lowest BCUT2D eigenvalue weighted by Gasteiger charge is -2.17. The molecular formula is C22H23N3O3S. The van der Waals surface area contributed by atoms with E-state index in [1.807, 2.05) is 50.2 Å². The first kappa shape index (κ1) is 19.5. The largest absolute Gasteiger partial charge is 0.495 e. The Morgan fingerprint density at radius 1 is 1.28 bits per heavy atom. The van der Waals surface area contributed by atoms with E-state index >= 15 is 0 Å². The number of benzene rings is 2. The number of nitrogens with one attached hydrogen (secondary N) is 1. The van der Waals surface area contributed by atoms with Gasteiger partial charge in [0.25, 0.3) is 5.56 Å². The van der Waals surface area contributed by atoms with Gasteiger partial charge in [-0.1, -0.05) is 30.0 Å². The van der Waals surface area contributed by atoms with Crippen LogP contribution < -0.4 is 15.6 Å². The number of aryl methyl sites for hydroxylation is 1. The van der Waals surface area contributed by atoms with Gasteiger partial charge in [-0.05, 0) is 56.5 Å². The zero-order valence-electron chi connectivity index (χ0n) is 16.6. The fraction of sp³-hybridized carbons (Fsp3) is 0.318. The number of para-hydroxylation sites is 1. The summed E-state index contributed by atoms with van der Waals surface area (Å²) in [6.45, 7) is 3.78. The molecule has 1 aliphatic rings. The average Bonchev–Trinajstić information content (AvgIpc) is 3.53. The van der Waals surface area contributed by atoms with Gasteiger partial charge in [-0.3, -0.25) is 14.2 Å². The van der Waals surface area contributed by atoms with Crippen molar-refractivity contribution >= 4 is 34.3 Å². The number of nitrogens with zero attached hydrogens (tertiary/aromatic N) is 2. The summed E-state index contributed by atoms with van der Waals surface area (Å²) in [5.41, 5.74) is 2.29. The quantitative estimate of drug-likeness (QED) is 0.489. The van der Waals surface area contributed by atoms with Gasteiger partial charge in [0.2, 0.25) is 5.91 Å². The van der Waals surface area contributed by atoms with Crippen LogP contribution in [0.25, 0.3) is 10.9 Å². The van der Waals surface area contributed by atoms with Crippen molar-refractivity contribution in [3.63, 3.8) is 0 Å². The van der Waals surface area contributed by atoms with Gasteiger partial charge in [0, 0.05) is 6.04 Å². The minimum Gasteiger partial charge on any atom is -0.495 e. The number of rotatable bonds is 6. The molecule has 0 bridgehead atoms. The highest BCUT2D eigenvalue weighted by molar-refractivity contribution is 8.00. The first-order valence-corrected chi connectivity index (χ1v) is 10.5. The SMILES string of the molecule is COc1ccc(C)cc1NC(=O)[C@@H](C)Sc1nc2ccccc2c(=O)n1C1CC1. The van der Waals surface area contributed by atoms with E-state index in [0.717, 1.165) is 18.4 Å². The van der Waals surface area contributed by atoms with Crippen molar-refractivity contribution in [2.75, 3.05) is 12.4 Å². The Morgan fingerprint density at radius 3 is 2.76 bits per heavy atom. The van der Waals surface area contributed by atoms with Gasteiger partial charge in [0.15, 0.2) is 5.16 Å². The smallest absolute Gasteiger partial charge is 0.262 e. The van der Waals surface area contributed by atoms with Crippen LogP contribution >= 0.6 is 11.8 Å². The number of thioether (sulfide) groups is 1. The number of ether oxygens (including phenoxy) is 1. The zero-order valence-corrected chi connectivity index (χ0v) is 17.5. The number of methoxy groups -OCH3 is 1. The highest BCUT2D eigenvalue weighted by Gasteiger charge is 2.30. The first-order valence-electron chi connectivity index (χ1n) is 9.61. The van der Waals surface area contributed by atoms with Crippen LogP contribution in [0.15, 0.2) is 52.4 Å². The van der Waals surface area contributed by atoms with Crippen molar-refractivity contribution < 1.29 is 9.53 Å². The fourth-order valence-corrected chi connectivity index (χ4v) is 4.21. The van der Waals surface area contributed by atoms with Crippen LogP contribution in [0.4, 0.5) is 5.69 Å². The van der Waals surface area contributed by atoms with Gasteiger partial charge in [-0.25, -0.2) is 4.98 Å². The van der Waals surface area contributed by atoms with Crippen LogP contribution in [0, 0.1) is 6.92 Å². The number of hydrogen-bond acceptors (Lipinski definition) is 5. The second kappa shape index (κ2) is 7.91. The van der Waals surface area contributed by atoms with Crippen molar-refractivity contribution in [3.05, 3.63) is 58.4 Å². The van der Waals surface area contributed by atoms with Gasteiger partial charge in [0.1, 0.15) is 5.75 Å². The Labute approximate surface area is 173 Å². The fourth-order valence-electron chi connectivity index (χ4n) is 3.23. The Kier molecular flexibility index (Phi) is 5.32. The molecule has 1 saturated carbocycles. The molecule has 2 aromatic carbocycles. The molecular weight excluding hydrogens is 386 g/mol. The van der Waals surface area contributed by atoms with Crippen LogP contribution in [0.2, 0.25) is 0 Å². The first-order chi connectivity index (χ1) is 14.0. The van der Waals surface area contributed by atoms with Crippen LogP contribution in [0.3, 0.4) is 0 Å². The number of anilines is 1. The minimum atomic E-state index is -0.432. The molecule has 1 aliphatic carbocycles. The number of carbonyl (C=O) groups excluding carboxylic acids is 1. The molecule has 7 heteroatoms. The van der Waals surface area contributed by atoms with E-state index in [0.29, 0.717) is 27.5 Å². The molecule has 4 rings (SSSR count). The molecule has 0 saturated heterocycles. The zero-order chi connectivity index (χ0) is 20.5. The third kappa shape index (κ3) is 4.00. The third-order valence-corrected chi connectivity index (χ3v) is 6.02. The molecule has 6 nitrogen and oxygen atoms in total. The van der Waals surface area contributed by atoms with E-state index in [1.165, 1.54) is 11.8 Å². The summed E-state index contributed by atoms with van der Waals surface area (Å²) in [7, 11) is 1.58. The Hall–Kier alpha value is -2.80. The predicted octanol–water partition coefficient (Wildman–Crippen LogP) is 4.17. The lowest BCUT2D eigenvalue weighted by molar-refractivity contribution is -0.115. The normalized spacial score (nSPS) is 14.6. The number of carbonyl (C=O) groups is 1. The number of amides is 1. The molecule has 150 valence electrons. The van der Waals surface area contributed by atoms with E-state index in [9.17, 15) is 9.59 Å². The van der Waals surface area contributed by atoms with Gasteiger partial charge in [-0.2, -0.15) is 0 Å². The van der Waals surface area contributed by atoms with Crippen molar-refractivity contribution in [2.24, 2.45) is 0 Å². The molecule has 0 spiro atoms. The van der Waals surface area contributed by atoms with Crippen LogP contribution in [-0.4, -0.2) is 27.8 Å². The maximum absolute atomic E-state index is 13.0. The molecule has 1 N–H and O–H groups in total. The summed E-state index contributed by atoms with van der Waals surface area (Å²) in [6, 6.07) is 13.2. The molecule has 3 aromatic rings. The maximum atomic E-state index is 13.0. The number of fused-ring (bicyclic) bond motifs is 1. The summed E-state index contributed by atoms with van der Waals surface area (Å²) in [5.74, 6) is 0.448. The minimum absolute atomic E-state index is 0.0337. The third-order valence-electron chi connectivity index (χ3n) is 4.95. The Bertz CT molecular complexity index is 1140. The lowest BCUT2D eigenvalue weighted by Crippen LogP contribution is -2.26. The van der Waals surface area contributed by atoms with E-state index in [2.05, 4.69) is 5.32 Å². The topological polar surface area (TPSA) is 73.2 Å². The van der Waals surface area contributed by atoms with E-state index < -0.39 is 5.25 Å². The van der Waals surface area contributed by atoms with E-state index in [1.54, 1.807) is 17.7 Å².